The second kappa shape index (κ2) is 26.7. The number of hydrogen-bond donors (Lipinski definition) is 16. The molecule has 0 radical (unpaired) electrons. The Hall–Kier alpha value is -5.44. The quantitative estimate of drug-likeness (QED) is 0.0367. The van der Waals surface area contributed by atoms with Gasteiger partial charge in [-0.1, -0.05) is 0 Å². The van der Waals surface area contributed by atoms with Gasteiger partial charge >= 0.3 is 54.0 Å². The lowest BCUT2D eigenvalue weighted by Crippen LogP contribution is -2.35. The van der Waals surface area contributed by atoms with Crippen molar-refractivity contribution in [1.82, 2.24) is 38.2 Å². The lowest BCUT2D eigenvalue weighted by Gasteiger charge is -2.21. The summed E-state index contributed by atoms with van der Waals surface area (Å²) < 4.78 is 182. The molecule has 8 heterocycles. The van der Waals surface area contributed by atoms with Gasteiger partial charge in [0.25, 0.3) is 22.2 Å². The molecule has 0 unspecified atom stereocenters. The van der Waals surface area contributed by atoms with Crippen LogP contribution in [0.1, 0.15) is 58.8 Å². The first kappa shape index (κ1) is 60.3. The predicted molar refractivity (Wildman–Crippen MR) is 256 cm³/mol. The van der Waals surface area contributed by atoms with E-state index >= 15 is 0 Å². The zero-order valence-corrected chi connectivity index (χ0v) is 44.5. The fourth-order valence-corrected chi connectivity index (χ4v) is 8.23. The van der Waals surface area contributed by atoms with Gasteiger partial charge in [0.2, 0.25) is 23.4 Å². The molecule has 84 heavy (non-hydrogen) atoms. The molecular formula is C36H48F4N8O32P4. The summed E-state index contributed by atoms with van der Waals surface area (Å²) in [5, 5.41) is 39.2. The van der Waals surface area contributed by atoms with Crippen molar-refractivity contribution in [3.05, 3.63) is 132 Å². The number of rotatable bonds is 16. The highest BCUT2D eigenvalue weighted by molar-refractivity contribution is 7.47. The third-order valence-electron chi connectivity index (χ3n) is 10.3. The highest BCUT2D eigenvalue weighted by Crippen LogP contribution is 2.46. The van der Waals surface area contributed by atoms with Crippen molar-refractivity contribution in [3.63, 3.8) is 0 Å². The number of aliphatic hydroxyl groups excluding tert-OH is 4. The number of aromatic amines is 4. The van der Waals surface area contributed by atoms with Gasteiger partial charge in [0.05, 0.1) is 8.22 Å². The Kier molecular flexibility index (Phi) is 19.1. The summed E-state index contributed by atoms with van der Waals surface area (Å²) in [4.78, 5) is 166. The number of phosphoric ester groups is 4. The lowest BCUT2D eigenvalue weighted by atomic mass is 10.2. The summed E-state index contributed by atoms with van der Waals surface area (Å²) in [6.07, 6.45) is -16.4. The Balaban J connectivity index is 0.000000218. The minimum absolute atomic E-state index is 0.286. The molecule has 4 aromatic heterocycles. The number of nitrogens with one attached hydrogen (secondary N) is 4. The van der Waals surface area contributed by atoms with Gasteiger partial charge in [-0.25, -0.2) is 55.0 Å². The zero-order chi connectivity index (χ0) is 68.8. The molecule has 0 amide bonds. The fraction of sp³-hybridized carbons (Fsp3) is 0.556. The predicted octanol–water partition coefficient (Wildman–Crippen LogP) is -5.63. The van der Waals surface area contributed by atoms with E-state index in [2.05, 4.69) is 32.3 Å². The smallest absolute Gasteiger partial charge is 0.388 e. The van der Waals surface area contributed by atoms with Crippen LogP contribution >= 0.6 is 31.3 Å². The monoisotopic (exact) mass is 1310 g/mol. The summed E-state index contributed by atoms with van der Waals surface area (Å²) in [6, 6.07) is 3.49. The van der Waals surface area contributed by atoms with Crippen LogP contribution < -0.4 is 45.0 Å². The molecule has 472 valence electrons. The van der Waals surface area contributed by atoms with Gasteiger partial charge in [-0.3, -0.25) is 75.5 Å². The van der Waals surface area contributed by atoms with E-state index in [1.54, 1.807) is 4.98 Å². The standard InChI is InChI=1S/4C9H12FN2O8P/c4*10-9(4-19-21(16,17)18)3-5(13)7(20-9)12-2-1-6(14)11-8(12)15/h4*1-2,5,7,13H,3-4H2,(H,11,14,15)(H2,16,17,18)/t4*5-,7-,9+/m1111/s1/i4D2,7D;7D;4D2;. The van der Waals surface area contributed by atoms with E-state index in [1.165, 1.54) is 0 Å². The topological polar surface area (TPSA) is 604 Å². The molecule has 4 aliphatic heterocycles. The molecule has 40 nitrogen and oxygen atoms in total. The summed E-state index contributed by atoms with van der Waals surface area (Å²) in [5.41, 5.74) is -7.41. The second-order valence-electron chi connectivity index (χ2n) is 17.0. The maximum absolute atomic E-state index is 14.7. The van der Waals surface area contributed by atoms with E-state index in [9.17, 15) is 94.6 Å². The third-order valence-corrected chi connectivity index (χ3v) is 11.9. The molecule has 4 fully saturated rings. The maximum atomic E-state index is 14.7. The first-order valence-corrected chi connectivity index (χ1v) is 28.2. The van der Waals surface area contributed by atoms with E-state index in [1.807, 2.05) is 15.0 Å². The normalized spacial score (nSPS) is 32.9. The van der Waals surface area contributed by atoms with Crippen LogP contribution in [0.3, 0.4) is 0 Å². The van der Waals surface area contributed by atoms with E-state index in [-0.39, 0.29) is 4.57 Å². The van der Waals surface area contributed by atoms with Gasteiger partial charge in [0, 0.05) is 74.7 Å². The molecule has 0 bridgehead atoms. The van der Waals surface area contributed by atoms with Gasteiger partial charge < -0.3 is 78.5 Å². The highest BCUT2D eigenvalue weighted by atomic mass is 31.2. The SMILES string of the molecule is O=c1ccn([C@@H]2O[C@](F)(COP(=O)(O)O)C[C@H]2O)c(=O)[nH]1.[2H]C([2H])(OP(=O)(O)O)[C@]1(F)C[C@@H](O)[C@H](n2ccc(=O)[nH]c2=O)O1.[2H]C([2H])(OP(=O)(O)O)[C@]1(F)C[C@@H](O)[C@]([2H])(n2ccc(=O)[nH]c2=O)O1.[2H][C@@]1(n2ccc(=O)[nH]c2=O)O[C@](F)(COP(=O)(O)O)C[C@H]1O. The van der Waals surface area contributed by atoms with Gasteiger partial charge in [0.1, 0.15) is 50.7 Å². The zero-order valence-electron chi connectivity index (χ0n) is 46.9. The van der Waals surface area contributed by atoms with Crippen molar-refractivity contribution < 1.29 is 141 Å². The number of alkyl halides is 4. The first-order valence-electron chi connectivity index (χ1n) is 25.0. The molecule has 4 aromatic rings. The summed E-state index contributed by atoms with van der Waals surface area (Å²) in [5.74, 6) is -12.7. The van der Waals surface area contributed by atoms with Crippen molar-refractivity contribution in [2.75, 3.05) is 26.3 Å². The number of phosphoric acid groups is 4. The molecule has 8 rings (SSSR count). The summed E-state index contributed by atoms with van der Waals surface area (Å²) in [6.45, 7) is -9.76. The van der Waals surface area contributed by atoms with Crippen LogP contribution in [0, 0.1) is 0 Å². The number of aromatic nitrogens is 8. The van der Waals surface area contributed by atoms with Crippen molar-refractivity contribution in [1.29, 1.82) is 0 Å². The molecule has 16 N–H and O–H groups in total. The molecule has 4 saturated heterocycles. The Morgan fingerprint density at radius 2 is 0.702 bits per heavy atom. The van der Waals surface area contributed by atoms with Crippen molar-refractivity contribution in [2.45, 2.75) is 98.4 Å². The van der Waals surface area contributed by atoms with Crippen LogP contribution in [0.15, 0.2) is 87.4 Å². The molecule has 0 saturated carbocycles. The molecular weight excluding hydrogens is 1260 g/mol. The average molecular weight is 1310 g/mol. The molecule has 4 aliphatic rings. The number of halogens is 4. The number of ether oxygens (including phenoxy) is 4. The van der Waals surface area contributed by atoms with Crippen LogP contribution in [0.5, 0.6) is 0 Å². The van der Waals surface area contributed by atoms with Crippen LogP contribution in [0.2, 0.25) is 0 Å². The van der Waals surface area contributed by atoms with Gasteiger partial charge in [-0.15, -0.1) is 0 Å². The average Bonchev–Trinajstić information content (AvgIpc) is 1.62. The Morgan fingerprint density at radius 1 is 0.452 bits per heavy atom. The molecule has 12 atom stereocenters. The minimum Gasteiger partial charge on any atom is -0.388 e. The van der Waals surface area contributed by atoms with Crippen molar-refractivity contribution in [3.8, 4) is 0 Å². The van der Waals surface area contributed by atoms with Crippen molar-refractivity contribution >= 4 is 31.3 Å². The fourth-order valence-electron chi connectivity index (χ4n) is 7.00. The van der Waals surface area contributed by atoms with E-state index in [4.69, 9.17) is 52.1 Å². The number of hydrogen-bond acceptors (Lipinski definition) is 24. The number of aliphatic hydroxyl groups is 4. The number of H-pyrrole nitrogens is 4. The van der Waals surface area contributed by atoms with Crippen LogP contribution in [-0.4, -0.2) is 172 Å². The second-order valence-corrected chi connectivity index (χ2v) is 21.8. The summed E-state index contributed by atoms with van der Waals surface area (Å²) >= 11 is 0. The van der Waals surface area contributed by atoms with Crippen LogP contribution in [-0.2, 0) is 55.3 Å². The van der Waals surface area contributed by atoms with E-state index in [0.29, 0.717) is 15.3 Å². The Morgan fingerprint density at radius 3 is 1.02 bits per heavy atom. The van der Waals surface area contributed by atoms with Gasteiger partial charge in [-0.05, 0) is 0 Å². The highest BCUT2D eigenvalue weighted by Gasteiger charge is 2.52. The molecule has 0 spiro atoms. The molecule has 48 heteroatoms. The number of nitrogens with zero attached hydrogens (tertiary/aromatic N) is 4. The van der Waals surface area contributed by atoms with E-state index < -0.39 is 201 Å². The largest absolute Gasteiger partial charge is 0.469 e. The maximum Gasteiger partial charge on any atom is 0.469 e. The molecule has 0 aromatic carbocycles. The Bertz CT molecular complexity index is 3990. The van der Waals surface area contributed by atoms with Gasteiger partial charge in [0.15, 0.2) is 24.9 Å². The lowest BCUT2D eigenvalue weighted by molar-refractivity contribution is -0.178. The van der Waals surface area contributed by atoms with E-state index in [0.717, 1.165) is 47.4 Å². The van der Waals surface area contributed by atoms with Crippen LogP contribution in [0.25, 0.3) is 0 Å². The first-order chi connectivity index (χ1) is 40.6. The molecule has 0 aliphatic carbocycles. The minimum atomic E-state index is -5.49. The van der Waals surface area contributed by atoms with Crippen LogP contribution in [0.4, 0.5) is 17.6 Å². The summed E-state index contributed by atoms with van der Waals surface area (Å²) in [7, 11) is -20.8. The van der Waals surface area contributed by atoms with Crippen molar-refractivity contribution in [2.24, 2.45) is 0 Å². The third kappa shape index (κ3) is 20.3. The van der Waals surface area contributed by atoms with Gasteiger partial charge in [-0.2, -0.15) is 0 Å². The Labute approximate surface area is 467 Å².